The Kier molecular flexibility index (Phi) is 6.20. The van der Waals surface area contributed by atoms with Crippen molar-refractivity contribution in [3.8, 4) is 11.4 Å². The Labute approximate surface area is 177 Å². The van der Waals surface area contributed by atoms with Gasteiger partial charge in [0, 0.05) is 22.3 Å². The minimum atomic E-state index is -0.995. The molecule has 0 bridgehead atoms. The van der Waals surface area contributed by atoms with E-state index in [1.165, 1.54) is 6.07 Å². The number of anilines is 1. The van der Waals surface area contributed by atoms with E-state index in [2.05, 4.69) is 15.5 Å². The Bertz CT molecular complexity index is 1110. The number of nitrogens with one attached hydrogen (secondary N) is 1. The standard InChI is InChI=1S/C16H11Cl2FN6O3S/c17-8-1-3-11(18)10(5-8)15-22-23-16(24(15)20)29-7-14(26)21-9-2-4-12(19)13(6-9)25(27)28/h1-6H,7,20H2,(H,21,26). The largest absolute Gasteiger partial charge is 0.335 e. The van der Waals surface area contributed by atoms with Gasteiger partial charge in [0.05, 0.1) is 15.7 Å². The van der Waals surface area contributed by atoms with Crippen LogP contribution in [0.1, 0.15) is 0 Å². The number of carbonyl (C=O) groups is 1. The molecule has 1 heterocycles. The number of aromatic nitrogens is 3. The lowest BCUT2D eigenvalue weighted by Gasteiger charge is -2.07. The summed E-state index contributed by atoms with van der Waals surface area (Å²) < 4.78 is 14.5. The summed E-state index contributed by atoms with van der Waals surface area (Å²) in [6.07, 6.45) is 0. The molecule has 1 aromatic heterocycles. The van der Waals surface area contributed by atoms with Crippen LogP contribution in [-0.2, 0) is 4.79 Å². The fourth-order valence-corrected chi connectivity index (χ4v) is 3.32. The average Bonchev–Trinajstić information content (AvgIpc) is 3.03. The van der Waals surface area contributed by atoms with Crippen LogP contribution in [0, 0.1) is 15.9 Å². The van der Waals surface area contributed by atoms with Gasteiger partial charge in [-0.15, -0.1) is 10.2 Å². The summed E-state index contributed by atoms with van der Waals surface area (Å²) in [6, 6.07) is 7.84. The molecular formula is C16H11Cl2FN6O3S. The number of carbonyl (C=O) groups excluding carboxylic acids is 1. The second kappa shape index (κ2) is 8.64. The molecule has 0 fully saturated rings. The summed E-state index contributed by atoms with van der Waals surface area (Å²) in [6.45, 7) is 0. The Morgan fingerprint density at radius 1 is 1.28 bits per heavy atom. The molecule has 0 unspecified atom stereocenters. The lowest BCUT2D eigenvalue weighted by Crippen LogP contribution is -2.16. The number of amides is 1. The second-order valence-corrected chi connectivity index (χ2v) is 7.35. The molecule has 0 aliphatic heterocycles. The van der Waals surface area contributed by atoms with Crippen LogP contribution in [0.25, 0.3) is 11.4 Å². The predicted octanol–water partition coefficient (Wildman–Crippen LogP) is 3.74. The van der Waals surface area contributed by atoms with E-state index >= 15 is 0 Å². The van der Waals surface area contributed by atoms with E-state index in [-0.39, 0.29) is 22.4 Å². The molecule has 3 N–H and O–H groups in total. The number of rotatable bonds is 6. The lowest BCUT2D eigenvalue weighted by atomic mass is 10.2. The normalized spacial score (nSPS) is 10.7. The fraction of sp³-hybridized carbons (Fsp3) is 0.0625. The highest BCUT2D eigenvalue weighted by Gasteiger charge is 2.18. The van der Waals surface area contributed by atoms with Crippen LogP contribution in [-0.4, -0.2) is 31.5 Å². The Balaban J connectivity index is 1.69. The van der Waals surface area contributed by atoms with Crippen LogP contribution < -0.4 is 11.2 Å². The number of hydrogen-bond acceptors (Lipinski definition) is 7. The topological polar surface area (TPSA) is 129 Å². The maximum absolute atomic E-state index is 13.4. The quantitative estimate of drug-likeness (QED) is 0.250. The second-order valence-electron chi connectivity index (χ2n) is 5.56. The number of nitro groups is 1. The molecule has 0 atom stereocenters. The number of halogens is 3. The average molecular weight is 457 g/mol. The molecule has 9 nitrogen and oxygen atoms in total. The molecule has 29 heavy (non-hydrogen) atoms. The number of nitrogens with zero attached hydrogens (tertiary/aromatic N) is 4. The molecule has 1 amide bonds. The van der Waals surface area contributed by atoms with Crippen LogP contribution in [0.4, 0.5) is 15.8 Å². The van der Waals surface area contributed by atoms with E-state index in [0.29, 0.717) is 15.6 Å². The zero-order valence-electron chi connectivity index (χ0n) is 14.3. The van der Waals surface area contributed by atoms with E-state index in [9.17, 15) is 19.3 Å². The first kappa shape index (κ1) is 20.8. The van der Waals surface area contributed by atoms with E-state index in [0.717, 1.165) is 28.6 Å². The van der Waals surface area contributed by atoms with Crippen LogP contribution >= 0.6 is 35.0 Å². The van der Waals surface area contributed by atoms with Gasteiger partial charge in [0.15, 0.2) is 5.82 Å². The van der Waals surface area contributed by atoms with Gasteiger partial charge < -0.3 is 11.2 Å². The molecule has 0 radical (unpaired) electrons. The van der Waals surface area contributed by atoms with Gasteiger partial charge in [-0.25, -0.2) is 4.68 Å². The number of hydrogen-bond donors (Lipinski definition) is 2. The van der Waals surface area contributed by atoms with E-state index in [1.54, 1.807) is 18.2 Å². The van der Waals surface area contributed by atoms with Crippen molar-refractivity contribution in [2.45, 2.75) is 5.16 Å². The third-order valence-electron chi connectivity index (χ3n) is 3.59. The van der Waals surface area contributed by atoms with Crippen LogP contribution in [0.15, 0.2) is 41.6 Å². The summed E-state index contributed by atoms with van der Waals surface area (Å²) in [7, 11) is 0. The van der Waals surface area contributed by atoms with E-state index in [4.69, 9.17) is 29.0 Å². The van der Waals surface area contributed by atoms with Gasteiger partial charge in [0.1, 0.15) is 0 Å². The van der Waals surface area contributed by atoms with Gasteiger partial charge in [-0.05, 0) is 30.3 Å². The van der Waals surface area contributed by atoms with Crippen molar-refractivity contribution in [3.05, 3.63) is 62.4 Å². The van der Waals surface area contributed by atoms with E-state index < -0.39 is 22.3 Å². The van der Waals surface area contributed by atoms with Crippen molar-refractivity contribution in [1.29, 1.82) is 0 Å². The molecule has 0 aliphatic carbocycles. The Morgan fingerprint density at radius 3 is 2.76 bits per heavy atom. The molecule has 150 valence electrons. The number of thioether (sulfide) groups is 1. The van der Waals surface area contributed by atoms with Gasteiger partial charge in [0.2, 0.25) is 16.9 Å². The molecule has 3 rings (SSSR count). The maximum Gasteiger partial charge on any atom is 0.306 e. The van der Waals surface area contributed by atoms with E-state index in [1.807, 2.05) is 0 Å². The van der Waals surface area contributed by atoms with Gasteiger partial charge in [-0.2, -0.15) is 4.39 Å². The van der Waals surface area contributed by atoms with Crippen molar-refractivity contribution in [2.24, 2.45) is 0 Å². The summed E-state index contributed by atoms with van der Waals surface area (Å²) in [5.41, 5.74) is -0.173. The molecule has 2 aromatic carbocycles. The Hall–Kier alpha value is -2.89. The summed E-state index contributed by atoms with van der Waals surface area (Å²) in [5.74, 6) is 4.63. The Morgan fingerprint density at radius 2 is 2.03 bits per heavy atom. The van der Waals surface area contributed by atoms with Crippen molar-refractivity contribution in [1.82, 2.24) is 14.9 Å². The number of benzene rings is 2. The summed E-state index contributed by atoms with van der Waals surface area (Å²) in [4.78, 5) is 22.0. The SMILES string of the molecule is Nn1c(SCC(=O)Nc2ccc(F)c([N+](=O)[O-])c2)nnc1-c1cc(Cl)ccc1Cl. The zero-order valence-corrected chi connectivity index (χ0v) is 16.6. The molecule has 13 heteroatoms. The molecule has 3 aromatic rings. The predicted molar refractivity (Wildman–Crippen MR) is 108 cm³/mol. The fourth-order valence-electron chi connectivity index (χ4n) is 2.29. The highest BCUT2D eigenvalue weighted by molar-refractivity contribution is 7.99. The third-order valence-corrected chi connectivity index (χ3v) is 5.10. The minimum Gasteiger partial charge on any atom is -0.335 e. The van der Waals surface area contributed by atoms with Crippen LogP contribution in [0.2, 0.25) is 10.0 Å². The van der Waals surface area contributed by atoms with Gasteiger partial charge in [0.25, 0.3) is 0 Å². The molecule has 0 saturated carbocycles. The first-order valence-corrected chi connectivity index (χ1v) is 9.53. The minimum absolute atomic E-state index is 0.0873. The smallest absolute Gasteiger partial charge is 0.306 e. The molecule has 0 saturated heterocycles. The van der Waals surface area contributed by atoms with Gasteiger partial charge in [-0.1, -0.05) is 35.0 Å². The molecule has 0 spiro atoms. The lowest BCUT2D eigenvalue weighted by molar-refractivity contribution is -0.387. The maximum atomic E-state index is 13.4. The van der Waals surface area contributed by atoms with Crippen molar-refractivity contribution < 1.29 is 14.1 Å². The molecule has 0 aliphatic rings. The first-order valence-electron chi connectivity index (χ1n) is 7.78. The third kappa shape index (κ3) is 4.75. The summed E-state index contributed by atoms with van der Waals surface area (Å²) >= 11 is 13.1. The molecular weight excluding hydrogens is 446 g/mol. The monoisotopic (exact) mass is 456 g/mol. The van der Waals surface area contributed by atoms with Crippen molar-refractivity contribution >= 4 is 52.2 Å². The number of nitrogen functional groups attached to an aromatic ring is 1. The van der Waals surface area contributed by atoms with Crippen LogP contribution in [0.5, 0.6) is 0 Å². The highest BCUT2D eigenvalue weighted by Crippen LogP contribution is 2.30. The van der Waals surface area contributed by atoms with Crippen molar-refractivity contribution in [2.75, 3.05) is 16.9 Å². The number of nitro benzene ring substituents is 1. The zero-order chi connectivity index (χ0) is 21.1. The summed E-state index contributed by atoms with van der Waals surface area (Å²) in [5, 5.41) is 22.1. The van der Waals surface area contributed by atoms with Crippen LogP contribution in [0.3, 0.4) is 0 Å². The van der Waals surface area contributed by atoms with Gasteiger partial charge >= 0.3 is 5.69 Å². The van der Waals surface area contributed by atoms with Crippen molar-refractivity contribution in [3.63, 3.8) is 0 Å². The number of nitrogens with two attached hydrogens (primary N) is 1. The first-order chi connectivity index (χ1) is 13.8. The van der Waals surface area contributed by atoms with Gasteiger partial charge in [-0.3, -0.25) is 14.9 Å². The highest BCUT2D eigenvalue weighted by atomic mass is 35.5.